The molecule has 1 aliphatic heterocycles. The molecule has 1 atom stereocenters. The van der Waals surface area contributed by atoms with E-state index in [1.165, 1.54) is 0 Å². The van der Waals surface area contributed by atoms with Gasteiger partial charge in [0.25, 0.3) is 0 Å². The van der Waals surface area contributed by atoms with Gasteiger partial charge in [0.05, 0.1) is 23.7 Å². The van der Waals surface area contributed by atoms with Crippen molar-refractivity contribution in [1.29, 1.82) is 5.26 Å². The maximum absolute atomic E-state index is 12.7. The molecule has 3 rings (SSSR count). The Kier molecular flexibility index (Phi) is 7.40. The number of rotatable bonds is 8. The number of hydrogen-bond donors (Lipinski definition) is 0. The highest BCUT2D eigenvalue weighted by Crippen LogP contribution is 2.30. The molecule has 0 bridgehead atoms. The number of piperidine rings is 1. The zero-order valence-electron chi connectivity index (χ0n) is 17.4. The van der Waals surface area contributed by atoms with Crippen LogP contribution in [0.25, 0.3) is 11.0 Å². The molecule has 1 fully saturated rings. The van der Waals surface area contributed by atoms with Crippen molar-refractivity contribution in [2.75, 3.05) is 24.6 Å². The zero-order valence-corrected chi connectivity index (χ0v) is 17.4. The number of unbranched alkanes of at least 4 members (excludes halogenated alkanes) is 3. The van der Waals surface area contributed by atoms with E-state index in [2.05, 4.69) is 24.8 Å². The third-order valence-corrected chi connectivity index (χ3v) is 5.54. The van der Waals surface area contributed by atoms with E-state index in [-0.39, 0.29) is 0 Å². The lowest BCUT2D eigenvalue weighted by atomic mass is 9.98. The second-order valence-electron chi connectivity index (χ2n) is 7.88. The van der Waals surface area contributed by atoms with Gasteiger partial charge in [-0.25, -0.2) is 9.97 Å². The minimum atomic E-state index is -1.06. The van der Waals surface area contributed by atoms with Crippen molar-refractivity contribution in [3.63, 3.8) is 0 Å². The average molecular weight is 395 g/mol. The number of aromatic nitrogens is 2. The number of fused-ring (bicyclic) bond motifs is 1. The number of carbonyl (C=O) groups excluding carboxylic acids is 1. The summed E-state index contributed by atoms with van der Waals surface area (Å²) in [4.78, 5) is 24.4. The Balaban J connectivity index is 1.87. The Bertz CT molecular complexity index is 869. The Morgan fingerprint density at radius 2 is 1.90 bits per heavy atom. The van der Waals surface area contributed by atoms with Crippen LogP contribution in [0.3, 0.4) is 0 Å². The maximum Gasteiger partial charge on any atom is 0.329 e. The van der Waals surface area contributed by atoms with E-state index < -0.39 is 11.9 Å². The summed E-state index contributed by atoms with van der Waals surface area (Å²) in [7, 11) is 0. The summed E-state index contributed by atoms with van der Waals surface area (Å²) >= 11 is 0. The number of anilines is 1. The number of carbonyl (C=O) groups is 1. The Morgan fingerprint density at radius 1 is 1.21 bits per heavy atom. The van der Waals surface area contributed by atoms with E-state index in [0.29, 0.717) is 29.6 Å². The smallest absolute Gasteiger partial charge is 0.329 e. The molecule has 2 heterocycles. The minimum absolute atomic E-state index is 0.342. The molecule has 0 saturated carbocycles. The van der Waals surface area contributed by atoms with Crippen molar-refractivity contribution in [2.45, 2.75) is 58.3 Å². The predicted molar refractivity (Wildman–Crippen MR) is 114 cm³/mol. The summed E-state index contributed by atoms with van der Waals surface area (Å²) in [6.07, 6.45) is 6.21. The number of ether oxygens (including phenoxy) is 1. The maximum atomic E-state index is 12.7. The molecule has 6 heteroatoms. The molecule has 0 unspecified atom stereocenters. The lowest BCUT2D eigenvalue weighted by Crippen LogP contribution is -2.35. The largest absolute Gasteiger partial charge is 0.464 e. The molecule has 0 spiro atoms. The molecule has 0 amide bonds. The van der Waals surface area contributed by atoms with Crippen LogP contribution in [0.1, 0.15) is 64.0 Å². The van der Waals surface area contributed by atoms with Crippen LogP contribution in [0, 0.1) is 17.2 Å². The second kappa shape index (κ2) is 10.2. The van der Waals surface area contributed by atoms with Crippen LogP contribution in [-0.4, -0.2) is 35.6 Å². The highest BCUT2D eigenvalue weighted by Gasteiger charge is 2.31. The molecule has 1 aromatic carbocycles. The molecule has 2 aromatic rings. The molecule has 1 saturated heterocycles. The van der Waals surface area contributed by atoms with Crippen molar-refractivity contribution in [1.82, 2.24) is 9.97 Å². The first-order chi connectivity index (χ1) is 14.1. The van der Waals surface area contributed by atoms with Crippen LogP contribution >= 0.6 is 0 Å². The SMILES string of the molecule is CCCCCCOC(=O)[C@H](C#N)c1nc2ccccc2nc1N1CCC(C)CC1. The van der Waals surface area contributed by atoms with E-state index in [1.54, 1.807) is 0 Å². The third-order valence-electron chi connectivity index (χ3n) is 5.54. The highest BCUT2D eigenvalue weighted by atomic mass is 16.5. The summed E-state index contributed by atoms with van der Waals surface area (Å²) in [5, 5.41) is 9.79. The van der Waals surface area contributed by atoms with Crippen LogP contribution in [0.4, 0.5) is 5.82 Å². The molecule has 6 nitrogen and oxygen atoms in total. The molecule has 0 aliphatic carbocycles. The molecule has 0 radical (unpaired) electrons. The van der Waals surface area contributed by atoms with Gasteiger partial charge < -0.3 is 9.64 Å². The van der Waals surface area contributed by atoms with E-state index in [9.17, 15) is 10.1 Å². The lowest BCUT2D eigenvalue weighted by molar-refractivity contribution is -0.144. The quantitative estimate of drug-likeness (QED) is 0.481. The van der Waals surface area contributed by atoms with Crippen LogP contribution in [0.5, 0.6) is 0 Å². The Hall–Kier alpha value is -2.68. The lowest BCUT2D eigenvalue weighted by Gasteiger charge is -2.32. The third kappa shape index (κ3) is 5.23. The van der Waals surface area contributed by atoms with E-state index in [0.717, 1.165) is 57.1 Å². The van der Waals surface area contributed by atoms with Crippen molar-refractivity contribution in [3.05, 3.63) is 30.0 Å². The summed E-state index contributed by atoms with van der Waals surface area (Å²) in [5.74, 6) is -0.277. The highest BCUT2D eigenvalue weighted by molar-refractivity contribution is 5.85. The number of esters is 1. The van der Waals surface area contributed by atoms with Gasteiger partial charge in [0.1, 0.15) is 5.69 Å². The van der Waals surface area contributed by atoms with Gasteiger partial charge in [0.2, 0.25) is 0 Å². The van der Waals surface area contributed by atoms with Gasteiger partial charge in [0.15, 0.2) is 11.7 Å². The van der Waals surface area contributed by atoms with Crippen molar-refractivity contribution in [2.24, 2.45) is 5.92 Å². The zero-order chi connectivity index (χ0) is 20.6. The fourth-order valence-electron chi connectivity index (χ4n) is 3.66. The fraction of sp³-hybridized carbons (Fsp3) is 0.565. The standard InChI is InChI=1S/C23H30N4O2/c1-3-4-5-8-15-29-23(28)18(16-24)21-22(27-13-11-17(2)12-14-27)26-20-10-7-6-9-19(20)25-21/h6-7,9-10,17-18H,3-5,8,11-15H2,1-2H3/t18-/m1/s1. The number of para-hydroxylation sites is 2. The summed E-state index contributed by atoms with van der Waals surface area (Å²) in [6, 6.07) is 9.70. The van der Waals surface area contributed by atoms with E-state index >= 15 is 0 Å². The molecular weight excluding hydrogens is 364 g/mol. The predicted octanol–water partition coefficient (Wildman–Crippen LogP) is 4.60. The van der Waals surface area contributed by atoms with Gasteiger partial charge in [-0.1, -0.05) is 45.2 Å². The minimum Gasteiger partial charge on any atom is -0.464 e. The normalized spacial score (nSPS) is 15.8. The van der Waals surface area contributed by atoms with Crippen molar-refractivity contribution in [3.8, 4) is 6.07 Å². The van der Waals surface area contributed by atoms with Gasteiger partial charge >= 0.3 is 5.97 Å². The Morgan fingerprint density at radius 3 is 2.55 bits per heavy atom. The van der Waals surface area contributed by atoms with E-state index in [1.807, 2.05) is 24.3 Å². The molecule has 1 aliphatic rings. The van der Waals surface area contributed by atoms with E-state index in [4.69, 9.17) is 14.7 Å². The number of nitrogens with zero attached hydrogens (tertiary/aromatic N) is 4. The molecular formula is C23H30N4O2. The molecule has 0 N–H and O–H groups in total. The second-order valence-corrected chi connectivity index (χ2v) is 7.88. The monoisotopic (exact) mass is 394 g/mol. The summed E-state index contributed by atoms with van der Waals surface area (Å²) in [6.45, 7) is 6.43. The summed E-state index contributed by atoms with van der Waals surface area (Å²) < 4.78 is 5.42. The molecule has 154 valence electrons. The number of nitriles is 1. The van der Waals surface area contributed by atoms with Crippen molar-refractivity contribution < 1.29 is 9.53 Å². The van der Waals surface area contributed by atoms with Gasteiger partial charge in [0, 0.05) is 13.1 Å². The van der Waals surface area contributed by atoms with Gasteiger partial charge in [-0.05, 0) is 37.3 Å². The Labute approximate surface area is 172 Å². The van der Waals surface area contributed by atoms with Crippen LogP contribution < -0.4 is 4.90 Å². The molecule has 29 heavy (non-hydrogen) atoms. The first-order valence-electron chi connectivity index (χ1n) is 10.7. The number of hydrogen-bond acceptors (Lipinski definition) is 6. The number of benzene rings is 1. The van der Waals surface area contributed by atoms with Crippen LogP contribution in [0.15, 0.2) is 24.3 Å². The van der Waals surface area contributed by atoms with Gasteiger partial charge in [-0.3, -0.25) is 4.79 Å². The fourth-order valence-corrected chi connectivity index (χ4v) is 3.66. The summed E-state index contributed by atoms with van der Waals surface area (Å²) in [5.41, 5.74) is 1.88. The van der Waals surface area contributed by atoms with Crippen LogP contribution in [-0.2, 0) is 9.53 Å². The first kappa shape index (κ1) is 21.0. The van der Waals surface area contributed by atoms with Crippen LogP contribution in [0.2, 0.25) is 0 Å². The molecule has 1 aromatic heterocycles. The van der Waals surface area contributed by atoms with Crippen molar-refractivity contribution >= 4 is 22.8 Å². The topological polar surface area (TPSA) is 79.1 Å². The average Bonchev–Trinajstić information content (AvgIpc) is 2.74. The van der Waals surface area contributed by atoms with Gasteiger partial charge in [-0.2, -0.15) is 5.26 Å². The van der Waals surface area contributed by atoms with Gasteiger partial charge in [-0.15, -0.1) is 0 Å². The first-order valence-corrected chi connectivity index (χ1v) is 10.7.